The van der Waals surface area contributed by atoms with Crippen molar-refractivity contribution in [2.24, 2.45) is 0 Å². The van der Waals surface area contributed by atoms with E-state index in [-0.39, 0.29) is 5.19 Å². The largest absolute Gasteiger partial charge is 0.513 e. The summed E-state index contributed by atoms with van der Waals surface area (Å²) < 4.78 is 4.37. The summed E-state index contributed by atoms with van der Waals surface area (Å²) in [6, 6.07) is 0. The maximum Gasteiger partial charge on any atom is 0.513 e. The molecule has 1 N–H and O–H groups in total. The molecule has 0 amide bonds. The minimum absolute atomic E-state index is 0.186. The van der Waals surface area contributed by atoms with Crippen LogP contribution >= 0.6 is 11.3 Å². The number of hydrogen-bond donors (Lipinski definition) is 1. The molecule has 0 saturated heterocycles. The standard InChI is InChI=1S/C7H9NO3S/c1-4(2)5-3-12-6(8-5)11-7(9)10/h3-4H,1-2H3,(H,9,10). The number of rotatable bonds is 2. The van der Waals surface area contributed by atoms with Crippen molar-refractivity contribution in [2.75, 3.05) is 0 Å². The van der Waals surface area contributed by atoms with Crippen molar-refractivity contribution in [1.82, 2.24) is 4.98 Å². The molecule has 0 aliphatic heterocycles. The summed E-state index contributed by atoms with van der Waals surface area (Å²) in [4.78, 5) is 14.1. The van der Waals surface area contributed by atoms with E-state index in [2.05, 4.69) is 9.72 Å². The second kappa shape index (κ2) is 3.53. The molecule has 66 valence electrons. The first-order chi connectivity index (χ1) is 5.59. The van der Waals surface area contributed by atoms with Crippen LogP contribution in [0, 0.1) is 0 Å². The maximum absolute atomic E-state index is 10.1. The van der Waals surface area contributed by atoms with Crippen molar-refractivity contribution in [3.8, 4) is 5.19 Å². The van der Waals surface area contributed by atoms with Crippen LogP contribution in [0.1, 0.15) is 25.5 Å². The molecule has 0 aliphatic carbocycles. The monoisotopic (exact) mass is 187 g/mol. The number of thiazole rings is 1. The van der Waals surface area contributed by atoms with Crippen LogP contribution in [0.25, 0.3) is 0 Å². The third-order valence-electron chi connectivity index (χ3n) is 1.27. The molecule has 0 fully saturated rings. The van der Waals surface area contributed by atoms with Crippen molar-refractivity contribution >= 4 is 17.5 Å². The molecule has 5 heteroatoms. The van der Waals surface area contributed by atoms with E-state index in [1.165, 1.54) is 11.3 Å². The molecule has 0 bridgehead atoms. The number of nitrogens with zero attached hydrogens (tertiary/aromatic N) is 1. The zero-order chi connectivity index (χ0) is 9.14. The second-order valence-corrected chi connectivity index (χ2v) is 3.38. The van der Waals surface area contributed by atoms with E-state index in [0.29, 0.717) is 5.92 Å². The fourth-order valence-corrected chi connectivity index (χ4v) is 1.48. The summed E-state index contributed by atoms with van der Waals surface area (Å²) in [6.45, 7) is 3.97. The van der Waals surface area contributed by atoms with Crippen molar-refractivity contribution in [3.63, 3.8) is 0 Å². The van der Waals surface area contributed by atoms with Crippen LogP contribution in [0.5, 0.6) is 5.19 Å². The van der Waals surface area contributed by atoms with Gasteiger partial charge in [0, 0.05) is 5.38 Å². The lowest BCUT2D eigenvalue weighted by atomic mass is 10.2. The molecule has 1 aromatic heterocycles. The third-order valence-corrected chi connectivity index (χ3v) is 2.00. The Bertz CT molecular complexity index is 282. The quantitative estimate of drug-likeness (QED) is 0.722. The van der Waals surface area contributed by atoms with Crippen LogP contribution in [0.15, 0.2) is 5.38 Å². The maximum atomic E-state index is 10.1. The zero-order valence-corrected chi connectivity index (χ0v) is 7.59. The highest BCUT2D eigenvalue weighted by atomic mass is 32.1. The Kier molecular flexibility index (Phi) is 2.65. The van der Waals surface area contributed by atoms with E-state index in [1.807, 2.05) is 13.8 Å². The summed E-state index contributed by atoms with van der Waals surface area (Å²) in [5, 5.41) is 10.2. The van der Waals surface area contributed by atoms with Gasteiger partial charge in [0.05, 0.1) is 5.69 Å². The molecule has 12 heavy (non-hydrogen) atoms. The molecule has 0 radical (unpaired) electrons. The van der Waals surface area contributed by atoms with Gasteiger partial charge in [-0.2, -0.15) is 0 Å². The topological polar surface area (TPSA) is 59.4 Å². The van der Waals surface area contributed by atoms with Crippen LogP contribution in [0.3, 0.4) is 0 Å². The van der Waals surface area contributed by atoms with Crippen LogP contribution in [-0.2, 0) is 0 Å². The van der Waals surface area contributed by atoms with Crippen molar-refractivity contribution in [2.45, 2.75) is 19.8 Å². The van der Waals surface area contributed by atoms with Crippen LogP contribution in [0.4, 0.5) is 4.79 Å². The normalized spacial score (nSPS) is 10.2. The van der Waals surface area contributed by atoms with Gasteiger partial charge in [-0.05, 0) is 5.92 Å². The van der Waals surface area contributed by atoms with Gasteiger partial charge in [-0.3, -0.25) is 0 Å². The molecule has 4 nitrogen and oxygen atoms in total. The Morgan fingerprint density at radius 2 is 2.42 bits per heavy atom. The first kappa shape index (κ1) is 8.99. The minimum Gasteiger partial charge on any atom is -0.449 e. The van der Waals surface area contributed by atoms with Crippen molar-refractivity contribution < 1.29 is 14.6 Å². The summed E-state index contributed by atoms with van der Waals surface area (Å²) in [7, 11) is 0. The second-order valence-electron chi connectivity index (χ2n) is 2.56. The van der Waals surface area contributed by atoms with Gasteiger partial charge in [-0.25, -0.2) is 9.78 Å². The highest BCUT2D eigenvalue weighted by molar-refractivity contribution is 7.11. The van der Waals surface area contributed by atoms with E-state index in [1.54, 1.807) is 5.38 Å². The molecule has 0 aliphatic rings. The van der Waals surface area contributed by atoms with E-state index in [0.717, 1.165) is 5.69 Å². The van der Waals surface area contributed by atoms with Crippen molar-refractivity contribution in [3.05, 3.63) is 11.1 Å². The van der Waals surface area contributed by atoms with E-state index in [9.17, 15) is 4.79 Å². The first-order valence-corrected chi connectivity index (χ1v) is 4.33. The molecule has 1 heterocycles. The van der Waals surface area contributed by atoms with E-state index < -0.39 is 6.16 Å². The van der Waals surface area contributed by atoms with Gasteiger partial charge >= 0.3 is 6.16 Å². The lowest BCUT2D eigenvalue weighted by molar-refractivity contribution is 0.144. The number of aromatic nitrogens is 1. The molecule has 0 saturated carbocycles. The zero-order valence-electron chi connectivity index (χ0n) is 6.77. The molecular formula is C7H9NO3S. The van der Waals surface area contributed by atoms with Gasteiger partial charge in [0.25, 0.3) is 5.19 Å². The number of carboxylic acid groups (broad SMARTS) is 1. The molecule has 0 spiro atoms. The fraction of sp³-hybridized carbons (Fsp3) is 0.429. The average molecular weight is 187 g/mol. The SMILES string of the molecule is CC(C)c1csc(OC(=O)O)n1. The lowest BCUT2D eigenvalue weighted by Crippen LogP contribution is -2.02. The van der Waals surface area contributed by atoms with Crippen LogP contribution in [0.2, 0.25) is 0 Å². The summed E-state index contributed by atoms with van der Waals surface area (Å²) in [6.07, 6.45) is -1.32. The Balaban J connectivity index is 2.70. The molecule has 1 aromatic rings. The molecule has 0 aromatic carbocycles. The van der Waals surface area contributed by atoms with Gasteiger partial charge in [0.15, 0.2) is 0 Å². The number of carbonyl (C=O) groups is 1. The third kappa shape index (κ3) is 2.20. The first-order valence-electron chi connectivity index (χ1n) is 3.46. The molecule has 1 rings (SSSR count). The lowest BCUT2D eigenvalue weighted by Gasteiger charge is -1.96. The van der Waals surface area contributed by atoms with Gasteiger partial charge in [0.2, 0.25) is 0 Å². The average Bonchev–Trinajstić information content (AvgIpc) is 2.34. The number of hydrogen-bond acceptors (Lipinski definition) is 4. The molecule has 0 atom stereocenters. The van der Waals surface area contributed by atoms with Crippen LogP contribution < -0.4 is 4.74 Å². The van der Waals surface area contributed by atoms with E-state index in [4.69, 9.17) is 5.11 Å². The molecule has 0 unspecified atom stereocenters. The van der Waals surface area contributed by atoms with Crippen LogP contribution in [-0.4, -0.2) is 16.2 Å². The number of ether oxygens (including phenoxy) is 1. The van der Waals surface area contributed by atoms with Gasteiger partial charge in [-0.15, -0.1) is 0 Å². The van der Waals surface area contributed by atoms with Gasteiger partial charge < -0.3 is 9.84 Å². The Labute approximate surface area is 73.8 Å². The van der Waals surface area contributed by atoms with E-state index >= 15 is 0 Å². The fourth-order valence-electron chi connectivity index (χ4n) is 0.656. The highest BCUT2D eigenvalue weighted by Crippen LogP contribution is 2.23. The molecular weight excluding hydrogens is 178 g/mol. The Morgan fingerprint density at radius 1 is 1.75 bits per heavy atom. The predicted molar refractivity (Wildman–Crippen MR) is 44.9 cm³/mol. The smallest absolute Gasteiger partial charge is 0.449 e. The Morgan fingerprint density at radius 3 is 2.83 bits per heavy atom. The predicted octanol–water partition coefficient (Wildman–Crippen LogP) is 2.32. The Hall–Kier alpha value is -1.10. The van der Waals surface area contributed by atoms with Gasteiger partial charge in [-0.1, -0.05) is 25.2 Å². The van der Waals surface area contributed by atoms with Crippen molar-refractivity contribution in [1.29, 1.82) is 0 Å². The van der Waals surface area contributed by atoms with Gasteiger partial charge in [0.1, 0.15) is 0 Å². The summed E-state index contributed by atoms with van der Waals surface area (Å²) >= 11 is 1.19. The summed E-state index contributed by atoms with van der Waals surface area (Å²) in [5.41, 5.74) is 0.858. The minimum atomic E-state index is -1.32. The summed E-state index contributed by atoms with van der Waals surface area (Å²) in [5.74, 6) is 0.299. The highest BCUT2D eigenvalue weighted by Gasteiger charge is 2.08.